The Kier molecular flexibility index (Phi) is 4.58. The van der Waals surface area contributed by atoms with Crippen LogP contribution in [0.25, 0.3) is 17.0 Å². The smallest absolute Gasteiger partial charge is 0.287 e. The Bertz CT molecular complexity index is 1280. The van der Waals surface area contributed by atoms with E-state index in [1.807, 2.05) is 19.1 Å². The van der Waals surface area contributed by atoms with Gasteiger partial charge >= 0.3 is 6.03 Å². The SMILES string of the molecule is CC(=O)n1cc(/C=C2\C(=O)NC(=O)N(c3ccc(C)cc3C)C2=O)c2ccccc21. The minimum Gasteiger partial charge on any atom is -0.287 e. The first-order valence-corrected chi connectivity index (χ1v) is 9.37. The van der Waals surface area contributed by atoms with Gasteiger partial charge in [-0.15, -0.1) is 0 Å². The summed E-state index contributed by atoms with van der Waals surface area (Å²) in [5, 5.41) is 2.95. The van der Waals surface area contributed by atoms with Gasteiger partial charge in [0.1, 0.15) is 5.57 Å². The molecule has 1 saturated heterocycles. The van der Waals surface area contributed by atoms with Crippen LogP contribution in [-0.2, 0) is 9.59 Å². The van der Waals surface area contributed by atoms with Gasteiger partial charge in [-0.3, -0.25) is 24.3 Å². The molecule has 0 saturated carbocycles. The minimum atomic E-state index is -0.791. The van der Waals surface area contributed by atoms with Crippen LogP contribution in [0.2, 0.25) is 0 Å². The summed E-state index contributed by atoms with van der Waals surface area (Å²) in [6.07, 6.45) is 3.00. The molecule has 1 aromatic heterocycles. The second-order valence-electron chi connectivity index (χ2n) is 7.24. The normalized spacial score (nSPS) is 15.8. The van der Waals surface area contributed by atoms with Crippen LogP contribution in [0.15, 0.2) is 54.2 Å². The largest absolute Gasteiger partial charge is 0.335 e. The van der Waals surface area contributed by atoms with E-state index in [9.17, 15) is 19.2 Å². The van der Waals surface area contributed by atoms with Crippen LogP contribution < -0.4 is 10.2 Å². The molecule has 3 aromatic rings. The molecule has 4 amide bonds. The van der Waals surface area contributed by atoms with Crippen molar-refractivity contribution in [2.45, 2.75) is 20.8 Å². The third-order valence-electron chi connectivity index (χ3n) is 5.08. The number of amides is 4. The molecular weight excluding hydrogens is 382 g/mol. The lowest BCUT2D eigenvalue weighted by atomic mass is 10.0. The number of benzene rings is 2. The van der Waals surface area contributed by atoms with Gasteiger partial charge in [0.2, 0.25) is 5.91 Å². The van der Waals surface area contributed by atoms with Gasteiger partial charge in [0.05, 0.1) is 11.2 Å². The Morgan fingerprint density at radius 2 is 1.77 bits per heavy atom. The lowest BCUT2D eigenvalue weighted by Gasteiger charge is -2.27. The molecule has 0 aliphatic carbocycles. The van der Waals surface area contributed by atoms with Crippen molar-refractivity contribution in [2.75, 3.05) is 4.90 Å². The predicted octanol–water partition coefficient (Wildman–Crippen LogP) is 3.58. The fourth-order valence-electron chi connectivity index (χ4n) is 3.67. The van der Waals surface area contributed by atoms with Crippen LogP contribution in [0.5, 0.6) is 0 Å². The molecule has 2 aromatic carbocycles. The maximum atomic E-state index is 13.2. The molecule has 7 nitrogen and oxygen atoms in total. The summed E-state index contributed by atoms with van der Waals surface area (Å²) in [7, 11) is 0. The highest BCUT2D eigenvalue weighted by atomic mass is 16.2. The van der Waals surface area contributed by atoms with E-state index in [1.165, 1.54) is 17.6 Å². The number of para-hydroxylation sites is 1. The van der Waals surface area contributed by atoms with Gasteiger partial charge in [-0.25, -0.2) is 9.69 Å². The zero-order chi connectivity index (χ0) is 21.6. The molecule has 1 N–H and O–H groups in total. The highest BCUT2D eigenvalue weighted by Crippen LogP contribution is 2.28. The molecule has 1 aliphatic rings. The maximum absolute atomic E-state index is 13.2. The number of carbonyl (C=O) groups excluding carboxylic acids is 4. The third kappa shape index (κ3) is 3.10. The van der Waals surface area contributed by atoms with Crippen molar-refractivity contribution in [2.24, 2.45) is 0 Å². The molecule has 1 fully saturated rings. The fraction of sp³-hybridized carbons (Fsp3) is 0.130. The summed E-state index contributed by atoms with van der Waals surface area (Å²) in [4.78, 5) is 51.1. The van der Waals surface area contributed by atoms with Crippen LogP contribution in [0, 0.1) is 13.8 Å². The first-order chi connectivity index (χ1) is 14.3. The Morgan fingerprint density at radius 1 is 1.03 bits per heavy atom. The molecule has 1 aliphatic heterocycles. The van der Waals surface area contributed by atoms with E-state index in [0.29, 0.717) is 16.8 Å². The molecule has 2 heterocycles. The fourth-order valence-corrected chi connectivity index (χ4v) is 3.67. The quantitative estimate of drug-likeness (QED) is 0.525. The minimum absolute atomic E-state index is 0.180. The number of nitrogens with one attached hydrogen (secondary N) is 1. The first-order valence-electron chi connectivity index (χ1n) is 9.37. The number of aromatic nitrogens is 1. The van der Waals surface area contributed by atoms with Gasteiger partial charge in [0, 0.05) is 24.1 Å². The molecular formula is C23H19N3O4. The lowest BCUT2D eigenvalue weighted by molar-refractivity contribution is -0.122. The van der Waals surface area contributed by atoms with Crippen molar-refractivity contribution in [1.82, 2.24) is 9.88 Å². The summed E-state index contributed by atoms with van der Waals surface area (Å²) >= 11 is 0. The molecule has 0 bridgehead atoms. The van der Waals surface area contributed by atoms with Crippen molar-refractivity contribution in [3.8, 4) is 0 Å². The number of barbiturate groups is 1. The Balaban J connectivity index is 1.84. The van der Waals surface area contributed by atoms with Crippen molar-refractivity contribution < 1.29 is 19.2 Å². The van der Waals surface area contributed by atoms with Gasteiger partial charge in [-0.2, -0.15) is 0 Å². The molecule has 4 rings (SSSR count). The average Bonchev–Trinajstić information content (AvgIpc) is 3.05. The van der Waals surface area contributed by atoms with E-state index in [-0.39, 0.29) is 11.5 Å². The molecule has 0 radical (unpaired) electrons. The second kappa shape index (κ2) is 7.11. The summed E-state index contributed by atoms with van der Waals surface area (Å²) in [6.45, 7) is 5.14. The van der Waals surface area contributed by atoms with Gasteiger partial charge in [0.25, 0.3) is 11.8 Å². The Hall–Kier alpha value is -4.00. The summed E-state index contributed by atoms with van der Waals surface area (Å²) in [5.41, 5.74) is 3.16. The summed E-state index contributed by atoms with van der Waals surface area (Å²) in [6, 6.07) is 11.7. The van der Waals surface area contributed by atoms with Gasteiger partial charge in [-0.05, 0) is 37.6 Å². The lowest BCUT2D eigenvalue weighted by Crippen LogP contribution is -2.54. The van der Waals surface area contributed by atoms with Crippen LogP contribution in [0.1, 0.15) is 28.4 Å². The third-order valence-corrected chi connectivity index (χ3v) is 5.08. The number of urea groups is 1. The molecule has 0 spiro atoms. The molecule has 7 heteroatoms. The summed E-state index contributed by atoms with van der Waals surface area (Å²) in [5.74, 6) is -1.68. The summed E-state index contributed by atoms with van der Waals surface area (Å²) < 4.78 is 1.46. The number of hydrogen-bond donors (Lipinski definition) is 1. The highest BCUT2D eigenvalue weighted by molar-refractivity contribution is 6.39. The first kappa shape index (κ1) is 19.3. The number of aryl methyl sites for hydroxylation is 2. The maximum Gasteiger partial charge on any atom is 0.335 e. The van der Waals surface area contributed by atoms with Gasteiger partial charge in [0.15, 0.2) is 0 Å². The molecule has 30 heavy (non-hydrogen) atoms. The van der Waals surface area contributed by atoms with E-state index >= 15 is 0 Å². The van der Waals surface area contributed by atoms with Gasteiger partial charge in [-0.1, -0.05) is 35.9 Å². The van der Waals surface area contributed by atoms with Gasteiger partial charge < -0.3 is 0 Å². The van der Waals surface area contributed by atoms with Crippen LogP contribution >= 0.6 is 0 Å². The molecule has 0 atom stereocenters. The van der Waals surface area contributed by atoms with E-state index in [0.717, 1.165) is 21.4 Å². The number of hydrogen-bond acceptors (Lipinski definition) is 4. The monoisotopic (exact) mass is 401 g/mol. The van der Waals surface area contributed by atoms with Crippen molar-refractivity contribution in [3.63, 3.8) is 0 Å². The van der Waals surface area contributed by atoms with E-state index < -0.39 is 17.8 Å². The average molecular weight is 401 g/mol. The van der Waals surface area contributed by atoms with E-state index in [2.05, 4.69) is 5.32 Å². The zero-order valence-corrected chi connectivity index (χ0v) is 16.7. The predicted molar refractivity (Wildman–Crippen MR) is 113 cm³/mol. The zero-order valence-electron chi connectivity index (χ0n) is 16.7. The van der Waals surface area contributed by atoms with Crippen LogP contribution in [0.3, 0.4) is 0 Å². The molecule has 150 valence electrons. The highest BCUT2D eigenvalue weighted by Gasteiger charge is 2.37. The number of carbonyl (C=O) groups is 4. The number of anilines is 1. The van der Waals surface area contributed by atoms with Crippen molar-refractivity contribution in [3.05, 3.63) is 70.9 Å². The standard InChI is InChI=1S/C23H19N3O4/c1-13-8-9-19(14(2)10-13)26-22(29)18(21(28)24-23(26)30)11-16-12-25(15(3)27)20-7-5-4-6-17(16)20/h4-12H,1-3H3,(H,24,28,30)/b18-11+. The molecule has 0 unspecified atom stereocenters. The Morgan fingerprint density at radius 3 is 2.47 bits per heavy atom. The van der Waals surface area contributed by atoms with Crippen LogP contribution in [0.4, 0.5) is 10.5 Å². The van der Waals surface area contributed by atoms with Crippen molar-refractivity contribution in [1.29, 1.82) is 0 Å². The van der Waals surface area contributed by atoms with E-state index in [1.54, 1.807) is 43.5 Å². The number of nitrogens with zero attached hydrogens (tertiary/aromatic N) is 2. The number of imide groups is 2. The number of rotatable bonds is 2. The van der Waals surface area contributed by atoms with Crippen molar-refractivity contribution >= 4 is 46.4 Å². The van der Waals surface area contributed by atoms with Crippen LogP contribution in [-0.4, -0.2) is 28.3 Å². The van der Waals surface area contributed by atoms with E-state index in [4.69, 9.17) is 0 Å². The second-order valence-corrected chi connectivity index (χ2v) is 7.24. The number of fused-ring (bicyclic) bond motifs is 1. The Labute approximate surface area is 172 Å². The topological polar surface area (TPSA) is 88.5 Å².